The van der Waals surface area contributed by atoms with Gasteiger partial charge in [0.1, 0.15) is 12.1 Å². The highest BCUT2D eigenvalue weighted by Gasteiger charge is 2.47. The molecule has 0 heterocycles. The molecule has 0 aromatic carbocycles. The fraction of sp³-hybridized carbons (Fsp3) is 0.818. The average molecular weight is 283 g/mol. The lowest BCUT2D eigenvalue weighted by Gasteiger charge is -2.28. The maximum absolute atomic E-state index is 13.2. The van der Waals surface area contributed by atoms with Crippen LogP contribution in [0.4, 0.5) is 8.78 Å². The van der Waals surface area contributed by atoms with Gasteiger partial charge in [0.25, 0.3) is 0 Å². The minimum absolute atomic E-state index is 0.315. The van der Waals surface area contributed by atoms with Crippen LogP contribution in [0.25, 0.3) is 0 Å². The third kappa shape index (κ3) is 4.81. The smallest absolute Gasteiger partial charge is 0.341 e. The second-order valence-corrected chi connectivity index (χ2v) is 4.31. The Morgan fingerprint density at radius 1 is 1.53 bits per heavy atom. The van der Waals surface area contributed by atoms with Crippen molar-refractivity contribution in [3.8, 4) is 0 Å². The van der Waals surface area contributed by atoms with Crippen LogP contribution in [0.1, 0.15) is 20.3 Å². The summed E-state index contributed by atoms with van der Waals surface area (Å²) in [5.41, 5.74) is 5.49. The molecule has 0 fully saturated rings. The molecule has 0 bridgehead atoms. The second kappa shape index (κ2) is 7.46. The topological polar surface area (TPSA) is 110 Å². The van der Waals surface area contributed by atoms with Crippen LogP contribution in [0.3, 0.4) is 0 Å². The Labute approximate surface area is 109 Å². The Morgan fingerprint density at radius 3 is 2.42 bits per heavy atom. The predicted octanol–water partition coefficient (Wildman–Crippen LogP) is -0.541. The minimum Gasteiger partial charge on any atom is -0.451 e. The first kappa shape index (κ1) is 17.9. The zero-order chi connectivity index (χ0) is 15.2. The normalized spacial score (nSPS) is 18.3. The molecule has 0 aromatic rings. The molecular formula is C11H19F2NO5. The standard InChI is InChI=1S/C11H19F2NO5/c1-3-6(2)8(14)10(18)19-9(7(17)4-15)11(12,13)5-16/h5-9,15,17H,3-4,14H2,1-2H3/t6-,7+,8-,9+/m0/s1. The highest BCUT2D eigenvalue weighted by Crippen LogP contribution is 2.23. The number of alkyl halides is 2. The summed E-state index contributed by atoms with van der Waals surface area (Å²) in [7, 11) is 0. The van der Waals surface area contributed by atoms with Gasteiger partial charge in [0.2, 0.25) is 6.10 Å². The van der Waals surface area contributed by atoms with E-state index in [0.29, 0.717) is 6.42 Å². The zero-order valence-corrected chi connectivity index (χ0v) is 10.8. The fourth-order valence-corrected chi connectivity index (χ4v) is 1.27. The molecule has 0 aliphatic rings. The van der Waals surface area contributed by atoms with Crippen LogP contribution in [-0.4, -0.2) is 53.2 Å². The van der Waals surface area contributed by atoms with E-state index in [9.17, 15) is 23.5 Å². The molecule has 0 rings (SSSR count). The van der Waals surface area contributed by atoms with Gasteiger partial charge < -0.3 is 20.7 Å². The molecule has 19 heavy (non-hydrogen) atoms. The van der Waals surface area contributed by atoms with Crippen molar-refractivity contribution in [2.45, 2.75) is 44.4 Å². The highest BCUT2D eigenvalue weighted by atomic mass is 19.3. The molecule has 0 unspecified atom stereocenters. The van der Waals surface area contributed by atoms with Crippen molar-refractivity contribution in [2.75, 3.05) is 6.61 Å². The Morgan fingerprint density at radius 2 is 2.05 bits per heavy atom. The zero-order valence-electron chi connectivity index (χ0n) is 10.8. The number of ether oxygens (including phenoxy) is 1. The second-order valence-electron chi connectivity index (χ2n) is 4.31. The summed E-state index contributed by atoms with van der Waals surface area (Å²) in [6.45, 7) is 2.29. The predicted molar refractivity (Wildman–Crippen MR) is 61.4 cm³/mol. The van der Waals surface area contributed by atoms with E-state index in [1.54, 1.807) is 13.8 Å². The summed E-state index contributed by atoms with van der Waals surface area (Å²) in [5, 5.41) is 17.9. The first-order valence-electron chi connectivity index (χ1n) is 5.80. The van der Waals surface area contributed by atoms with Crippen molar-refractivity contribution in [3.63, 3.8) is 0 Å². The molecule has 0 saturated carbocycles. The van der Waals surface area contributed by atoms with Crippen LogP contribution < -0.4 is 5.73 Å². The minimum atomic E-state index is -4.10. The van der Waals surface area contributed by atoms with Crippen LogP contribution in [0.5, 0.6) is 0 Å². The lowest BCUT2D eigenvalue weighted by molar-refractivity contribution is -0.194. The van der Waals surface area contributed by atoms with Gasteiger partial charge in [0, 0.05) is 0 Å². The molecule has 0 amide bonds. The number of halogens is 2. The molecule has 0 aromatic heterocycles. The molecule has 6 nitrogen and oxygen atoms in total. The Balaban J connectivity index is 4.93. The number of rotatable bonds is 8. The van der Waals surface area contributed by atoms with E-state index in [2.05, 4.69) is 4.74 Å². The van der Waals surface area contributed by atoms with Crippen LogP contribution in [0.15, 0.2) is 0 Å². The van der Waals surface area contributed by atoms with Gasteiger partial charge in [-0.3, -0.25) is 9.59 Å². The van der Waals surface area contributed by atoms with Crippen molar-refractivity contribution >= 4 is 12.3 Å². The maximum Gasteiger partial charge on any atom is 0.341 e. The number of aliphatic hydroxyl groups is 2. The molecule has 4 atom stereocenters. The van der Waals surface area contributed by atoms with E-state index in [4.69, 9.17) is 10.8 Å². The number of aldehydes is 1. The van der Waals surface area contributed by atoms with Gasteiger partial charge in [0.15, 0.2) is 6.29 Å². The number of aliphatic hydroxyl groups excluding tert-OH is 2. The van der Waals surface area contributed by atoms with E-state index in [1.807, 2.05) is 0 Å². The largest absolute Gasteiger partial charge is 0.451 e. The van der Waals surface area contributed by atoms with Crippen molar-refractivity contribution < 1.29 is 33.3 Å². The van der Waals surface area contributed by atoms with Gasteiger partial charge in [-0.05, 0) is 5.92 Å². The number of carbonyl (C=O) groups excluding carboxylic acids is 2. The molecule has 4 N–H and O–H groups in total. The fourth-order valence-electron chi connectivity index (χ4n) is 1.27. The van der Waals surface area contributed by atoms with E-state index in [0.717, 1.165) is 0 Å². The summed E-state index contributed by atoms with van der Waals surface area (Å²) in [6, 6.07) is -1.15. The maximum atomic E-state index is 13.2. The third-order valence-corrected chi connectivity index (χ3v) is 2.85. The lowest BCUT2D eigenvalue weighted by atomic mass is 10.00. The van der Waals surface area contributed by atoms with E-state index >= 15 is 0 Å². The van der Waals surface area contributed by atoms with Crippen molar-refractivity contribution in [1.29, 1.82) is 0 Å². The van der Waals surface area contributed by atoms with Gasteiger partial charge in [0.05, 0.1) is 6.61 Å². The molecule has 0 spiro atoms. The summed E-state index contributed by atoms with van der Waals surface area (Å²) in [5.74, 6) is -5.58. The number of carbonyl (C=O) groups is 2. The number of esters is 1. The van der Waals surface area contributed by atoms with E-state index < -0.39 is 43.0 Å². The quantitative estimate of drug-likeness (QED) is 0.407. The molecular weight excluding hydrogens is 264 g/mol. The van der Waals surface area contributed by atoms with Crippen molar-refractivity contribution in [2.24, 2.45) is 11.7 Å². The van der Waals surface area contributed by atoms with Gasteiger partial charge in [-0.2, -0.15) is 8.78 Å². The number of hydrogen-bond donors (Lipinski definition) is 3. The number of nitrogens with two attached hydrogens (primary N) is 1. The Kier molecular flexibility index (Phi) is 7.02. The summed E-state index contributed by atoms with van der Waals surface area (Å²) in [4.78, 5) is 21.8. The van der Waals surface area contributed by atoms with Gasteiger partial charge >= 0.3 is 11.9 Å². The Hall–Kier alpha value is -1.12. The van der Waals surface area contributed by atoms with Crippen LogP contribution in [0.2, 0.25) is 0 Å². The van der Waals surface area contributed by atoms with Crippen molar-refractivity contribution in [1.82, 2.24) is 0 Å². The first-order valence-corrected chi connectivity index (χ1v) is 5.80. The van der Waals surface area contributed by atoms with Crippen LogP contribution in [-0.2, 0) is 14.3 Å². The molecule has 0 aliphatic carbocycles. The Bertz CT molecular complexity index is 313. The summed E-state index contributed by atoms with van der Waals surface area (Å²) >= 11 is 0. The molecule has 8 heteroatoms. The van der Waals surface area contributed by atoms with Crippen molar-refractivity contribution in [3.05, 3.63) is 0 Å². The molecule has 112 valence electrons. The van der Waals surface area contributed by atoms with Crippen LogP contribution >= 0.6 is 0 Å². The monoisotopic (exact) mass is 283 g/mol. The van der Waals surface area contributed by atoms with Gasteiger partial charge in [-0.15, -0.1) is 0 Å². The summed E-state index contributed by atoms with van der Waals surface area (Å²) < 4.78 is 30.8. The van der Waals surface area contributed by atoms with Crippen LogP contribution in [0, 0.1) is 5.92 Å². The van der Waals surface area contributed by atoms with Gasteiger partial charge in [-0.1, -0.05) is 20.3 Å². The first-order chi connectivity index (χ1) is 8.71. The molecule has 0 radical (unpaired) electrons. The van der Waals surface area contributed by atoms with E-state index in [-0.39, 0.29) is 5.92 Å². The average Bonchev–Trinajstić information content (AvgIpc) is 2.41. The SMILES string of the molecule is CC[C@H](C)[C@H](N)C(=O)O[C@H]([C@H](O)CO)C(F)(F)C=O. The lowest BCUT2D eigenvalue weighted by Crippen LogP contribution is -2.51. The molecule has 0 saturated heterocycles. The molecule has 0 aliphatic heterocycles. The van der Waals surface area contributed by atoms with Gasteiger partial charge in [-0.25, -0.2) is 0 Å². The third-order valence-electron chi connectivity index (χ3n) is 2.85. The highest BCUT2D eigenvalue weighted by molar-refractivity contribution is 5.76. The summed E-state index contributed by atoms with van der Waals surface area (Å²) in [6.07, 6.45) is -4.77. The van der Waals surface area contributed by atoms with E-state index in [1.165, 1.54) is 0 Å². The number of hydrogen-bond acceptors (Lipinski definition) is 6.